The van der Waals surface area contributed by atoms with Crippen LogP contribution < -0.4 is 5.32 Å². The van der Waals surface area contributed by atoms with Crippen molar-refractivity contribution < 1.29 is 14.3 Å². The van der Waals surface area contributed by atoms with Gasteiger partial charge >= 0.3 is 5.97 Å². The summed E-state index contributed by atoms with van der Waals surface area (Å²) in [5.74, 6) is -1.07. The Morgan fingerprint density at radius 1 is 1.35 bits per heavy atom. The van der Waals surface area contributed by atoms with Crippen molar-refractivity contribution in [1.82, 2.24) is 14.8 Å². The number of aromatic nitrogens is 3. The number of carbonyl (C=O) groups excluding carboxylic acids is 2. The highest BCUT2D eigenvalue weighted by atomic mass is 35.5. The molecule has 8 heteroatoms. The van der Waals surface area contributed by atoms with Crippen molar-refractivity contribution >= 4 is 29.2 Å². The molecule has 1 amide bonds. The second-order valence-electron chi connectivity index (χ2n) is 5.08. The molecule has 7 nitrogen and oxygen atoms in total. The summed E-state index contributed by atoms with van der Waals surface area (Å²) in [6, 6.07) is 2.96. The van der Waals surface area contributed by atoms with Gasteiger partial charge in [-0.1, -0.05) is 11.6 Å². The van der Waals surface area contributed by atoms with E-state index in [9.17, 15) is 9.59 Å². The van der Waals surface area contributed by atoms with Gasteiger partial charge in [-0.2, -0.15) is 5.10 Å². The topological polar surface area (TPSA) is 86.1 Å². The smallest absolute Gasteiger partial charge is 0.340 e. The summed E-state index contributed by atoms with van der Waals surface area (Å²) < 4.78 is 6.80. The Kier molecular flexibility index (Phi) is 5.00. The van der Waals surface area contributed by atoms with Gasteiger partial charge in [0.15, 0.2) is 6.10 Å². The first-order valence-electron chi connectivity index (χ1n) is 6.93. The molecular weight excluding hydrogens is 320 g/mol. The lowest BCUT2D eigenvalue weighted by Gasteiger charge is -2.13. The SMILES string of the molecule is Cc1nn(C)c(C)c1NC(=O)[C@@H](C)OC(=O)c1ccc(Cl)nc1. The molecule has 2 aromatic heterocycles. The minimum Gasteiger partial charge on any atom is -0.449 e. The van der Waals surface area contributed by atoms with Crippen molar-refractivity contribution in [3.05, 3.63) is 40.4 Å². The van der Waals surface area contributed by atoms with Gasteiger partial charge in [0.2, 0.25) is 0 Å². The van der Waals surface area contributed by atoms with E-state index >= 15 is 0 Å². The van der Waals surface area contributed by atoms with Crippen LogP contribution in [-0.2, 0) is 16.6 Å². The second-order valence-corrected chi connectivity index (χ2v) is 5.46. The zero-order chi connectivity index (χ0) is 17.1. The van der Waals surface area contributed by atoms with Crippen molar-refractivity contribution in [2.45, 2.75) is 26.9 Å². The van der Waals surface area contributed by atoms with Crippen LogP contribution >= 0.6 is 11.6 Å². The molecule has 0 aliphatic heterocycles. The van der Waals surface area contributed by atoms with Crippen LogP contribution in [0.4, 0.5) is 5.69 Å². The third-order valence-electron chi connectivity index (χ3n) is 3.37. The Morgan fingerprint density at radius 3 is 2.57 bits per heavy atom. The fourth-order valence-electron chi connectivity index (χ4n) is 1.96. The minimum atomic E-state index is -0.961. The Labute approximate surface area is 138 Å². The van der Waals surface area contributed by atoms with E-state index in [2.05, 4.69) is 15.4 Å². The number of pyridine rings is 1. The lowest BCUT2D eigenvalue weighted by atomic mass is 10.2. The Balaban J connectivity index is 2.02. The van der Waals surface area contributed by atoms with Crippen LogP contribution in [0.25, 0.3) is 0 Å². The third kappa shape index (κ3) is 3.87. The zero-order valence-corrected chi connectivity index (χ0v) is 14.0. The van der Waals surface area contributed by atoms with Gasteiger partial charge in [0, 0.05) is 13.2 Å². The largest absolute Gasteiger partial charge is 0.449 e. The standard InChI is InChI=1S/C15H17ClN4O3/c1-8-13(9(2)20(4)19-8)18-14(21)10(3)23-15(22)11-5-6-12(16)17-7-11/h5-7,10H,1-4H3,(H,18,21)/t10-/m1/s1. The summed E-state index contributed by atoms with van der Waals surface area (Å²) in [5.41, 5.74) is 2.35. The number of nitrogens with zero attached hydrogens (tertiary/aromatic N) is 3. The molecule has 0 aromatic carbocycles. The normalized spacial score (nSPS) is 11.9. The molecule has 2 heterocycles. The number of anilines is 1. The highest BCUT2D eigenvalue weighted by Gasteiger charge is 2.21. The molecule has 0 saturated carbocycles. The van der Waals surface area contributed by atoms with Crippen molar-refractivity contribution in [1.29, 1.82) is 0 Å². The maximum atomic E-state index is 12.2. The van der Waals surface area contributed by atoms with Crippen LogP contribution in [0.2, 0.25) is 5.15 Å². The lowest BCUT2D eigenvalue weighted by Crippen LogP contribution is -2.30. The lowest BCUT2D eigenvalue weighted by molar-refractivity contribution is -0.123. The van der Waals surface area contributed by atoms with E-state index < -0.39 is 18.0 Å². The van der Waals surface area contributed by atoms with E-state index in [0.29, 0.717) is 11.4 Å². The number of hydrogen-bond acceptors (Lipinski definition) is 5. The summed E-state index contributed by atoms with van der Waals surface area (Å²) >= 11 is 5.66. The molecule has 0 aliphatic carbocycles. The first-order chi connectivity index (χ1) is 10.8. The average Bonchev–Trinajstić information content (AvgIpc) is 2.74. The Morgan fingerprint density at radius 2 is 2.04 bits per heavy atom. The van der Waals surface area contributed by atoms with Crippen molar-refractivity contribution in [3.8, 4) is 0 Å². The van der Waals surface area contributed by atoms with E-state index in [4.69, 9.17) is 16.3 Å². The van der Waals surface area contributed by atoms with E-state index in [-0.39, 0.29) is 10.7 Å². The van der Waals surface area contributed by atoms with Crippen LogP contribution in [0, 0.1) is 13.8 Å². The quantitative estimate of drug-likeness (QED) is 0.683. The molecule has 1 N–H and O–H groups in total. The number of aryl methyl sites for hydroxylation is 2. The van der Waals surface area contributed by atoms with Gasteiger partial charge in [-0.15, -0.1) is 0 Å². The van der Waals surface area contributed by atoms with Gasteiger partial charge in [0.1, 0.15) is 5.15 Å². The number of carbonyl (C=O) groups is 2. The number of halogens is 1. The molecule has 2 rings (SSSR count). The summed E-state index contributed by atoms with van der Waals surface area (Å²) in [6.45, 7) is 5.13. The molecular formula is C15H17ClN4O3. The average molecular weight is 337 g/mol. The van der Waals surface area contributed by atoms with Gasteiger partial charge in [-0.3, -0.25) is 9.48 Å². The predicted molar refractivity (Wildman–Crippen MR) is 85.4 cm³/mol. The molecule has 0 spiro atoms. The molecule has 2 aromatic rings. The minimum absolute atomic E-state index is 0.225. The molecule has 0 bridgehead atoms. The first-order valence-corrected chi connectivity index (χ1v) is 7.31. The van der Waals surface area contributed by atoms with Crippen molar-refractivity contribution in [3.63, 3.8) is 0 Å². The van der Waals surface area contributed by atoms with E-state index in [1.165, 1.54) is 25.3 Å². The number of hydrogen-bond donors (Lipinski definition) is 1. The third-order valence-corrected chi connectivity index (χ3v) is 3.60. The van der Waals surface area contributed by atoms with E-state index in [1.54, 1.807) is 18.7 Å². The summed E-state index contributed by atoms with van der Waals surface area (Å²) in [4.78, 5) is 27.9. The monoisotopic (exact) mass is 336 g/mol. The maximum Gasteiger partial charge on any atom is 0.340 e. The highest BCUT2D eigenvalue weighted by molar-refractivity contribution is 6.29. The molecule has 0 aliphatic rings. The van der Waals surface area contributed by atoms with Gasteiger partial charge in [-0.05, 0) is 32.9 Å². The van der Waals surface area contributed by atoms with Crippen LogP contribution in [0.3, 0.4) is 0 Å². The van der Waals surface area contributed by atoms with Gasteiger partial charge < -0.3 is 10.1 Å². The van der Waals surface area contributed by atoms with Gasteiger partial charge in [-0.25, -0.2) is 9.78 Å². The maximum absolute atomic E-state index is 12.2. The van der Waals surface area contributed by atoms with Crippen LogP contribution in [-0.4, -0.2) is 32.7 Å². The second kappa shape index (κ2) is 6.78. The van der Waals surface area contributed by atoms with Crippen LogP contribution in [0.15, 0.2) is 18.3 Å². The Hall–Kier alpha value is -2.41. The summed E-state index contributed by atoms with van der Waals surface area (Å²) in [5, 5.41) is 7.22. The van der Waals surface area contributed by atoms with Crippen LogP contribution in [0.1, 0.15) is 28.7 Å². The fourth-order valence-corrected chi connectivity index (χ4v) is 2.07. The van der Waals surface area contributed by atoms with E-state index in [1.807, 2.05) is 6.92 Å². The van der Waals surface area contributed by atoms with Gasteiger partial charge in [0.05, 0.1) is 22.6 Å². The van der Waals surface area contributed by atoms with Crippen LogP contribution in [0.5, 0.6) is 0 Å². The number of ether oxygens (including phenoxy) is 1. The molecule has 0 fully saturated rings. The number of nitrogens with one attached hydrogen (secondary N) is 1. The molecule has 0 unspecified atom stereocenters. The molecule has 122 valence electrons. The van der Waals surface area contributed by atoms with E-state index in [0.717, 1.165) is 5.69 Å². The number of esters is 1. The molecule has 1 atom stereocenters. The van der Waals surface area contributed by atoms with Crippen molar-refractivity contribution in [2.75, 3.05) is 5.32 Å². The number of rotatable bonds is 4. The molecule has 0 radical (unpaired) electrons. The number of amides is 1. The van der Waals surface area contributed by atoms with Gasteiger partial charge in [0.25, 0.3) is 5.91 Å². The fraction of sp³-hybridized carbons (Fsp3) is 0.333. The zero-order valence-electron chi connectivity index (χ0n) is 13.3. The van der Waals surface area contributed by atoms with Crippen molar-refractivity contribution in [2.24, 2.45) is 7.05 Å². The Bertz CT molecular complexity index is 740. The summed E-state index contributed by atoms with van der Waals surface area (Å²) in [6.07, 6.45) is 0.335. The predicted octanol–water partition coefficient (Wildman–Crippen LogP) is 2.27. The molecule has 23 heavy (non-hydrogen) atoms. The summed E-state index contributed by atoms with van der Waals surface area (Å²) in [7, 11) is 1.79. The first kappa shape index (κ1) is 17.0. The molecule has 0 saturated heterocycles. The highest BCUT2D eigenvalue weighted by Crippen LogP contribution is 2.19.